The first kappa shape index (κ1) is 14.4. The van der Waals surface area contributed by atoms with Crippen molar-refractivity contribution in [2.24, 2.45) is 10.8 Å². The van der Waals surface area contributed by atoms with E-state index in [1.54, 1.807) is 0 Å². The Hall–Kier alpha value is 0.430. The van der Waals surface area contributed by atoms with Crippen LogP contribution in [0.5, 0.6) is 0 Å². The molecule has 0 bridgehead atoms. The smallest absolute Gasteiger partial charge is 0.172 e. The van der Waals surface area contributed by atoms with Crippen LogP contribution in [0.4, 0.5) is 0 Å². The van der Waals surface area contributed by atoms with Crippen molar-refractivity contribution in [3.05, 3.63) is 12.2 Å². The molecule has 0 radical (unpaired) electrons. The average molecular weight is 350 g/mol. The molecule has 0 aromatic heterocycles. The first-order valence-corrected chi connectivity index (χ1v) is 8.27. The molecule has 0 aromatic carbocycles. The van der Waals surface area contributed by atoms with Crippen molar-refractivity contribution < 1.29 is 9.84 Å². The lowest BCUT2D eigenvalue weighted by Gasteiger charge is -2.58. The van der Waals surface area contributed by atoms with E-state index in [2.05, 4.69) is 43.3 Å². The molecule has 0 aromatic rings. The van der Waals surface area contributed by atoms with Crippen LogP contribution in [0.1, 0.15) is 46.5 Å². The van der Waals surface area contributed by atoms with Gasteiger partial charge in [-0.15, -0.1) is 0 Å². The zero-order chi connectivity index (χ0) is 14.3. The predicted octanol–water partition coefficient (Wildman–Crippen LogP) is 3.99. The maximum absolute atomic E-state index is 10.2. The summed E-state index contributed by atoms with van der Waals surface area (Å²) in [7, 11) is 0. The van der Waals surface area contributed by atoms with Gasteiger partial charge < -0.3 is 9.84 Å². The van der Waals surface area contributed by atoms with Gasteiger partial charge in [-0.2, -0.15) is 0 Å². The number of epoxide rings is 1. The van der Waals surface area contributed by atoms with Gasteiger partial charge in [0, 0.05) is 16.7 Å². The molecule has 3 aliphatic rings. The van der Waals surface area contributed by atoms with Crippen LogP contribution in [0.25, 0.3) is 0 Å². The number of hydrogen-bond acceptors (Lipinski definition) is 2. The van der Waals surface area contributed by atoms with E-state index in [1.165, 1.54) is 0 Å². The number of fused-ring (bicyclic) bond motifs is 1. The van der Waals surface area contributed by atoms with Crippen LogP contribution in [0.15, 0.2) is 12.2 Å². The van der Waals surface area contributed by atoms with Crippen LogP contribution in [0.2, 0.25) is 0 Å². The second kappa shape index (κ2) is 3.79. The van der Waals surface area contributed by atoms with Crippen LogP contribution in [-0.4, -0.2) is 26.7 Å². The van der Waals surface area contributed by atoms with Crippen LogP contribution in [-0.2, 0) is 4.74 Å². The molecule has 19 heavy (non-hydrogen) atoms. The molecule has 1 N–H and O–H groups in total. The fraction of sp³-hybridized carbons (Fsp3) is 0.867. The molecule has 2 aliphatic carbocycles. The minimum atomic E-state index is -0.527. The zero-order valence-electron chi connectivity index (χ0n) is 11.8. The highest BCUT2D eigenvalue weighted by molar-refractivity contribution is 9.09. The van der Waals surface area contributed by atoms with E-state index < -0.39 is 5.06 Å². The summed E-state index contributed by atoms with van der Waals surface area (Å²) in [5.41, 5.74) is 0.849. The second-order valence-corrected chi connectivity index (χ2v) is 8.92. The Morgan fingerprint density at radius 1 is 1.37 bits per heavy atom. The first-order chi connectivity index (χ1) is 8.58. The third-order valence-electron chi connectivity index (χ3n) is 6.09. The number of rotatable bonds is 0. The molecule has 108 valence electrons. The van der Waals surface area contributed by atoms with Gasteiger partial charge in [0.05, 0.1) is 6.10 Å². The van der Waals surface area contributed by atoms with Crippen LogP contribution in [0.3, 0.4) is 0 Å². The van der Waals surface area contributed by atoms with Crippen LogP contribution in [0, 0.1) is 10.8 Å². The minimum absolute atomic E-state index is 0.0435. The summed E-state index contributed by atoms with van der Waals surface area (Å²) in [4.78, 5) is 0.0638. The number of hydrogen-bond donors (Lipinski definition) is 1. The molecule has 0 amide bonds. The first-order valence-electron chi connectivity index (χ1n) is 6.98. The molecule has 1 heterocycles. The molecule has 4 heteroatoms. The molecular weight excluding hydrogens is 328 g/mol. The number of aliphatic hydroxyl groups excluding tert-OH is 1. The molecule has 1 saturated heterocycles. The highest BCUT2D eigenvalue weighted by Crippen LogP contribution is 2.71. The fourth-order valence-electron chi connectivity index (χ4n) is 4.32. The molecule has 3 fully saturated rings. The zero-order valence-corrected chi connectivity index (χ0v) is 14.1. The molecule has 2 saturated carbocycles. The maximum Gasteiger partial charge on any atom is 0.172 e. The SMILES string of the molecule is C=C1CC(O)C(Br)C(C)(C)C12CCC1(C)OC1(Cl)C2. The molecule has 2 nitrogen and oxygen atoms in total. The van der Waals surface area contributed by atoms with Gasteiger partial charge in [0.25, 0.3) is 0 Å². The summed E-state index contributed by atoms with van der Waals surface area (Å²) in [6, 6.07) is 0. The Bertz CT molecular complexity index is 451. The van der Waals surface area contributed by atoms with E-state index in [9.17, 15) is 5.11 Å². The maximum atomic E-state index is 10.2. The van der Waals surface area contributed by atoms with E-state index in [1.807, 2.05) is 0 Å². The summed E-state index contributed by atoms with van der Waals surface area (Å²) in [6.45, 7) is 10.8. The average Bonchev–Trinajstić information content (AvgIpc) is 2.87. The summed E-state index contributed by atoms with van der Waals surface area (Å²) >= 11 is 10.3. The van der Waals surface area contributed by atoms with Gasteiger partial charge in [0.1, 0.15) is 5.60 Å². The van der Waals surface area contributed by atoms with Crippen LogP contribution >= 0.6 is 27.5 Å². The number of aliphatic hydroxyl groups is 1. The Kier molecular flexibility index (Phi) is 2.87. The monoisotopic (exact) mass is 348 g/mol. The molecular formula is C15H22BrClO2. The minimum Gasteiger partial charge on any atom is -0.392 e. The standard InChI is InChI=1S/C15H22BrClO2/c1-9-7-10(18)11(16)12(2,3)14(9)6-5-13(4)15(17,8-14)19-13/h10-11,18H,1,5-8H2,2-4H3. The Labute approximate surface area is 128 Å². The summed E-state index contributed by atoms with van der Waals surface area (Å²) in [5, 5.41) is 9.69. The van der Waals surface area contributed by atoms with Crippen molar-refractivity contribution in [1.29, 1.82) is 0 Å². The van der Waals surface area contributed by atoms with E-state index in [0.29, 0.717) is 6.42 Å². The van der Waals surface area contributed by atoms with Gasteiger partial charge in [-0.1, -0.05) is 53.5 Å². The van der Waals surface area contributed by atoms with E-state index in [0.717, 1.165) is 24.8 Å². The fourth-order valence-corrected chi connectivity index (χ4v) is 5.44. The predicted molar refractivity (Wildman–Crippen MR) is 80.6 cm³/mol. The highest BCUT2D eigenvalue weighted by atomic mass is 79.9. The van der Waals surface area contributed by atoms with Crippen molar-refractivity contribution >= 4 is 27.5 Å². The Balaban J connectivity index is 2.00. The van der Waals surface area contributed by atoms with Gasteiger partial charge in [0.2, 0.25) is 0 Å². The third-order valence-corrected chi connectivity index (χ3v) is 8.45. The molecule has 1 spiro atoms. The Morgan fingerprint density at radius 2 is 2.00 bits per heavy atom. The van der Waals surface area contributed by atoms with Gasteiger partial charge >= 0.3 is 0 Å². The van der Waals surface area contributed by atoms with Gasteiger partial charge in [-0.3, -0.25) is 0 Å². The lowest BCUT2D eigenvalue weighted by molar-refractivity contribution is -0.0167. The lowest BCUT2D eigenvalue weighted by atomic mass is 9.49. The van der Waals surface area contributed by atoms with Gasteiger partial charge in [0.15, 0.2) is 5.06 Å². The Morgan fingerprint density at radius 3 is 2.58 bits per heavy atom. The lowest BCUT2D eigenvalue weighted by Crippen LogP contribution is -2.56. The quantitative estimate of drug-likeness (QED) is 0.407. The largest absolute Gasteiger partial charge is 0.392 e. The van der Waals surface area contributed by atoms with Gasteiger partial charge in [-0.05, 0) is 31.6 Å². The van der Waals surface area contributed by atoms with Crippen molar-refractivity contribution in [2.45, 2.75) is 68.0 Å². The normalized spacial score (nSPS) is 56.0. The van der Waals surface area contributed by atoms with Crippen molar-refractivity contribution in [3.63, 3.8) is 0 Å². The van der Waals surface area contributed by atoms with Crippen molar-refractivity contribution in [3.8, 4) is 0 Å². The van der Waals surface area contributed by atoms with Crippen molar-refractivity contribution in [1.82, 2.24) is 0 Å². The van der Waals surface area contributed by atoms with Crippen LogP contribution < -0.4 is 0 Å². The van der Waals surface area contributed by atoms with E-state index in [4.69, 9.17) is 16.3 Å². The molecule has 3 rings (SSSR count). The molecule has 1 aliphatic heterocycles. The number of ether oxygens (including phenoxy) is 1. The summed E-state index contributed by atoms with van der Waals surface area (Å²) < 4.78 is 5.83. The van der Waals surface area contributed by atoms with Crippen molar-refractivity contribution in [2.75, 3.05) is 0 Å². The number of halogens is 2. The third kappa shape index (κ3) is 1.62. The van der Waals surface area contributed by atoms with Gasteiger partial charge in [-0.25, -0.2) is 0 Å². The highest BCUT2D eigenvalue weighted by Gasteiger charge is 2.74. The van der Waals surface area contributed by atoms with E-state index in [-0.39, 0.29) is 27.4 Å². The topological polar surface area (TPSA) is 32.8 Å². The number of alkyl halides is 2. The molecule has 5 atom stereocenters. The summed E-state index contributed by atoms with van der Waals surface area (Å²) in [6.07, 6.45) is 3.10. The summed E-state index contributed by atoms with van der Waals surface area (Å²) in [5.74, 6) is 0. The second-order valence-electron chi connectivity index (χ2n) is 7.32. The van der Waals surface area contributed by atoms with E-state index >= 15 is 0 Å². The molecule has 5 unspecified atom stereocenters.